The van der Waals surface area contributed by atoms with Gasteiger partial charge in [0.05, 0.1) is 0 Å². The molecule has 1 aliphatic carbocycles. The van der Waals surface area contributed by atoms with Gasteiger partial charge in [0.1, 0.15) is 11.6 Å². The van der Waals surface area contributed by atoms with Crippen LogP contribution in [-0.2, 0) is 19.3 Å². The van der Waals surface area contributed by atoms with Gasteiger partial charge in [-0.1, -0.05) is 26.2 Å². The maximum Gasteiger partial charge on any atom is 0.573 e. The molecule has 0 aliphatic heterocycles. The fourth-order valence-electron chi connectivity index (χ4n) is 4.13. The van der Waals surface area contributed by atoms with Gasteiger partial charge >= 0.3 is 6.36 Å². The Morgan fingerprint density at radius 2 is 1.60 bits per heavy atom. The van der Waals surface area contributed by atoms with Gasteiger partial charge in [-0.3, -0.25) is 0 Å². The molecule has 0 fully saturated rings. The number of rotatable bonds is 7. The number of hydrogen-bond acceptors (Lipinski definition) is 1. The average Bonchev–Trinajstić information content (AvgIpc) is 2.64. The summed E-state index contributed by atoms with van der Waals surface area (Å²) in [4.78, 5) is 0. The van der Waals surface area contributed by atoms with E-state index in [-0.39, 0.29) is 18.4 Å². The summed E-state index contributed by atoms with van der Waals surface area (Å²) < 4.78 is 84.4. The summed E-state index contributed by atoms with van der Waals surface area (Å²) in [5, 5.41) is 0. The number of fused-ring (bicyclic) bond motifs is 1. The van der Waals surface area contributed by atoms with Gasteiger partial charge in [0.25, 0.3) is 0 Å². The van der Waals surface area contributed by atoms with Crippen molar-refractivity contribution in [1.29, 1.82) is 0 Å². The van der Waals surface area contributed by atoms with Gasteiger partial charge in [-0.05, 0) is 79.0 Å². The molecule has 0 bridgehead atoms. The molecule has 0 saturated heterocycles. The van der Waals surface area contributed by atoms with Crippen LogP contribution in [0.25, 0.3) is 0 Å². The predicted octanol–water partition coefficient (Wildman–Crippen LogP) is 7.40. The van der Waals surface area contributed by atoms with Crippen molar-refractivity contribution >= 4 is 0 Å². The van der Waals surface area contributed by atoms with Crippen LogP contribution in [0.3, 0.4) is 0 Å². The van der Waals surface area contributed by atoms with Crippen LogP contribution < -0.4 is 4.74 Å². The fourth-order valence-corrected chi connectivity index (χ4v) is 4.13. The lowest BCUT2D eigenvalue weighted by atomic mass is 9.79. The van der Waals surface area contributed by atoms with E-state index in [1.807, 2.05) is 0 Å². The molecule has 164 valence electrons. The lowest BCUT2D eigenvalue weighted by molar-refractivity contribution is -0.275. The van der Waals surface area contributed by atoms with Crippen molar-refractivity contribution < 1.29 is 31.1 Å². The van der Waals surface area contributed by atoms with Gasteiger partial charge in [0.15, 0.2) is 11.6 Å². The second kappa shape index (κ2) is 9.31. The van der Waals surface area contributed by atoms with Crippen LogP contribution in [0, 0.1) is 17.5 Å². The second-order valence-electron chi connectivity index (χ2n) is 7.82. The van der Waals surface area contributed by atoms with Gasteiger partial charge < -0.3 is 4.74 Å². The van der Waals surface area contributed by atoms with Crippen LogP contribution in [0.15, 0.2) is 24.3 Å². The SMILES string of the molecule is CCCCCCc1cc(F)c(C2CCc3cc(OC(F)(F)F)c(F)cc3C2)c(F)c1. The Hall–Kier alpha value is -2.18. The van der Waals surface area contributed by atoms with Gasteiger partial charge in [-0.2, -0.15) is 0 Å². The zero-order chi connectivity index (χ0) is 21.9. The molecule has 3 rings (SSSR count). The molecule has 0 spiro atoms. The van der Waals surface area contributed by atoms with E-state index in [2.05, 4.69) is 11.7 Å². The van der Waals surface area contributed by atoms with Crippen molar-refractivity contribution in [2.24, 2.45) is 0 Å². The quantitative estimate of drug-likeness (QED) is 0.329. The fraction of sp³-hybridized carbons (Fsp3) is 0.478. The van der Waals surface area contributed by atoms with Crippen molar-refractivity contribution in [2.45, 2.75) is 70.6 Å². The molecule has 0 radical (unpaired) electrons. The van der Waals surface area contributed by atoms with Crippen LogP contribution in [0.2, 0.25) is 0 Å². The van der Waals surface area contributed by atoms with E-state index in [0.29, 0.717) is 29.5 Å². The first-order valence-electron chi connectivity index (χ1n) is 10.2. The molecule has 1 nitrogen and oxygen atoms in total. The third-order valence-electron chi connectivity index (χ3n) is 5.57. The van der Waals surface area contributed by atoms with E-state index in [9.17, 15) is 26.3 Å². The molecular weight excluding hydrogens is 406 g/mol. The Morgan fingerprint density at radius 1 is 0.900 bits per heavy atom. The highest BCUT2D eigenvalue weighted by Gasteiger charge is 2.34. The maximum atomic E-state index is 14.7. The molecule has 1 unspecified atom stereocenters. The average molecular weight is 430 g/mol. The van der Waals surface area contributed by atoms with E-state index in [0.717, 1.165) is 37.8 Å². The van der Waals surface area contributed by atoms with Crippen molar-refractivity contribution in [3.8, 4) is 5.75 Å². The topological polar surface area (TPSA) is 9.23 Å². The molecular formula is C23H24F6O. The molecule has 0 N–H and O–H groups in total. The maximum absolute atomic E-state index is 14.7. The number of unbranched alkanes of at least 4 members (excludes halogenated alkanes) is 3. The minimum absolute atomic E-state index is 0.0333. The Bertz CT molecular complexity index is 867. The van der Waals surface area contributed by atoms with E-state index in [1.54, 1.807) is 0 Å². The minimum Gasteiger partial charge on any atom is -0.403 e. The minimum atomic E-state index is -4.99. The highest BCUT2D eigenvalue weighted by molar-refractivity contribution is 5.41. The van der Waals surface area contributed by atoms with Crippen molar-refractivity contribution in [2.75, 3.05) is 0 Å². The molecule has 0 saturated carbocycles. The molecule has 2 aromatic carbocycles. The number of ether oxygens (including phenoxy) is 1. The Balaban J connectivity index is 1.77. The highest BCUT2D eigenvalue weighted by Crippen LogP contribution is 2.38. The van der Waals surface area contributed by atoms with Crippen LogP contribution in [0.4, 0.5) is 26.3 Å². The van der Waals surface area contributed by atoms with Crippen molar-refractivity contribution in [1.82, 2.24) is 0 Å². The molecule has 0 aromatic heterocycles. The van der Waals surface area contributed by atoms with Gasteiger partial charge in [-0.15, -0.1) is 13.2 Å². The van der Waals surface area contributed by atoms with E-state index >= 15 is 0 Å². The standard InChI is InChI=1S/C23H24F6O/c1-2-3-4-5-6-14-9-19(25)22(20(26)10-14)16-8-7-15-13-21(30-23(27,28)29)18(24)12-17(15)11-16/h9-10,12-13,16H,2-8,11H2,1H3. The first-order chi connectivity index (χ1) is 14.2. The van der Waals surface area contributed by atoms with Crippen molar-refractivity contribution in [3.63, 3.8) is 0 Å². The zero-order valence-corrected chi connectivity index (χ0v) is 16.7. The Kier molecular flexibility index (Phi) is 6.98. The summed E-state index contributed by atoms with van der Waals surface area (Å²) in [5.74, 6) is -3.77. The number of alkyl halides is 3. The third-order valence-corrected chi connectivity index (χ3v) is 5.57. The van der Waals surface area contributed by atoms with Gasteiger partial charge in [0.2, 0.25) is 0 Å². The molecule has 1 atom stereocenters. The first kappa shape index (κ1) is 22.5. The van der Waals surface area contributed by atoms with E-state index in [1.165, 1.54) is 12.1 Å². The smallest absolute Gasteiger partial charge is 0.403 e. The molecule has 1 aliphatic rings. The van der Waals surface area contributed by atoms with Crippen LogP contribution in [0.5, 0.6) is 5.75 Å². The highest BCUT2D eigenvalue weighted by atomic mass is 19.4. The lowest BCUT2D eigenvalue weighted by Crippen LogP contribution is -2.20. The zero-order valence-electron chi connectivity index (χ0n) is 16.7. The summed E-state index contributed by atoms with van der Waals surface area (Å²) >= 11 is 0. The van der Waals surface area contributed by atoms with Crippen molar-refractivity contribution in [3.05, 3.63) is 64.0 Å². The van der Waals surface area contributed by atoms with Crippen LogP contribution in [-0.4, -0.2) is 6.36 Å². The monoisotopic (exact) mass is 430 g/mol. The van der Waals surface area contributed by atoms with Crippen LogP contribution in [0.1, 0.15) is 67.2 Å². The summed E-state index contributed by atoms with van der Waals surface area (Å²) in [6.07, 6.45) is 0.441. The van der Waals surface area contributed by atoms with Gasteiger partial charge in [0, 0.05) is 5.56 Å². The largest absolute Gasteiger partial charge is 0.573 e. The van der Waals surface area contributed by atoms with Crippen LogP contribution >= 0.6 is 0 Å². The van der Waals surface area contributed by atoms with Gasteiger partial charge in [-0.25, -0.2) is 13.2 Å². The van der Waals surface area contributed by atoms with E-state index < -0.39 is 35.5 Å². The predicted molar refractivity (Wildman–Crippen MR) is 102 cm³/mol. The number of halogens is 6. The summed E-state index contributed by atoms with van der Waals surface area (Å²) in [6, 6.07) is 4.72. The molecule has 0 heterocycles. The number of hydrogen-bond donors (Lipinski definition) is 0. The second-order valence-corrected chi connectivity index (χ2v) is 7.82. The molecule has 30 heavy (non-hydrogen) atoms. The normalized spacial score (nSPS) is 16.4. The molecule has 2 aromatic rings. The molecule has 7 heteroatoms. The Labute approximate surface area is 172 Å². The number of aryl methyl sites for hydroxylation is 2. The number of benzene rings is 2. The third kappa shape index (κ3) is 5.49. The van der Waals surface area contributed by atoms with E-state index in [4.69, 9.17) is 0 Å². The lowest BCUT2D eigenvalue weighted by Gasteiger charge is -2.26. The summed E-state index contributed by atoms with van der Waals surface area (Å²) in [7, 11) is 0. The first-order valence-corrected chi connectivity index (χ1v) is 10.2. The molecule has 0 amide bonds. The summed E-state index contributed by atoms with van der Waals surface area (Å²) in [6.45, 7) is 2.09. The Morgan fingerprint density at radius 3 is 2.23 bits per heavy atom. The summed E-state index contributed by atoms with van der Waals surface area (Å²) in [5.41, 5.74) is 1.52.